The normalized spacial score (nSPS) is 11.8. The maximum atomic E-state index is 11.2. The van der Waals surface area contributed by atoms with Gasteiger partial charge in [0.1, 0.15) is 0 Å². The van der Waals surface area contributed by atoms with Gasteiger partial charge in [0, 0.05) is 13.1 Å². The van der Waals surface area contributed by atoms with Crippen LogP contribution in [0, 0.1) is 0 Å². The number of benzene rings is 1. The predicted molar refractivity (Wildman–Crippen MR) is 115 cm³/mol. The molecule has 25 heavy (non-hydrogen) atoms. The molecule has 1 aromatic carbocycles. The van der Waals surface area contributed by atoms with E-state index in [-0.39, 0.29) is 28.9 Å². The smallest absolute Gasteiger partial charge is 0.238 e. The summed E-state index contributed by atoms with van der Waals surface area (Å²) in [5.74, 6) is 0.463. The van der Waals surface area contributed by atoms with Crippen molar-refractivity contribution in [2.24, 2.45) is 15.9 Å². The molecule has 0 aliphatic heterocycles. The van der Waals surface area contributed by atoms with Crippen LogP contribution < -0.4 is 16.2 Å². The number of sulfonamides is 1. The molecule has 8 heteroatoms. The van der Waals surface area contributed by atoms with Crippen LogP contribution in [0.2, 0.25) is 0 Å². The van der Waals surface area contributed by atoms with Crippen LogP contribution in [-0.4, -0.2) is 27.5 Å². The Kier molecular flexibility index (Phi) is 12.9. The van der Waals surface area contributed by atoms with Crippen molar-refractivity contribution in [3.05, 3.63) is 29.8 Å². The van der Waals surface area contributed by atoms with Gasteiger partial charge < -0.3 is 11.1 Å². The molecule has 0 bridgehead atoms. The molecule has 6 nitrogen and oxygen atoms in total. The highest BCUT2D eigenvalue weighted by Gasteiger charge is 2.06. The molecule has 0 saturated carbocycles. The Morgan fingerprint density at radius 2 is 1.68 bits per heavy atom. The van der Waals surface area contributed by atoms with E-state index >= 15 is 0 Å². The number of halogens is 1. The topological polar surface area (TPSA) is 111 Å². The van der Waals surface area contributed by atoms with Crippen LogP contribution in [0.3, 0.4) is 0 Å². The first kappa shape index (κ1) is 24.1. The van der Waals surface area contributed by atoms with Crippen molar-refractivity contribution in [3.8, 4) is 0 Å². The molecule has 5 N–H and O–H groups in total. The average molecular weight is 482 g/mol. The van der Waals surface area contributed by atoms with Crippen LogP contribution in [-0.2, 0) is 16.4 Å². The van der Waals surface area contributed by atoms with Crippen LogP contribution >= 0.6 is 24.0 Å². The monoisotopic (exact) mass is 482 g/mol. The number of unbranched alkanes of at least 4 members (excludes halogenated alkanes) is 5. The molecule has 0 amide bonds. The second-order valence-corrected chi connectivity index (χ2v) is 7.46. The van der Waals surface area contributed by atoms with Crippen molar-refractivity contribution in [1.29, 1.82) is 0 Å². The molecule has 1 rings (SSSR count). The zero-order chi connectivity index (χ0) is 17.8. The first-order valence-corrected chi connectivity index (χ1v) is 10.1. The van der Waals surface area contributed by atoms with E-state index in [9.17, 15) is 8.42 Å². The third kappa shape index (κ3) is 11.4. The van der Waals surface area contributed by atoms with Crippen LogP contribution in [0.1, 0.15) is 51.0 Å². The lowest BCUT2D eigenvalue weighted by molar-refractivity contribution is 0.598. The molecule has 0 aliphatic rings. The van der Waals surface area contributed by atoms with Gasteiger partial charge in [-0.2, -0.15) is 0 Å². The number of hydrogen-bond acceptors (Lipinski definition) is 3. The summed E-state index contributed by atoms with van der Waals surface area (Å²) in [6.45, 7) is 3.62. The van der Waals surface area contributed by atoms with Gasteiger partial charge in [-0.05, 0) is 30.5 Å². The molecule has 0 heterocycles. The largest absolute Gasteiger partial charge is 0.370 e. The number of hydrogen-bond donors (Lipinski definition) is 3. The quantitative estimate of drug-likeness (QED) is 0.195. The SMILES string of the molecule is CCCCCCCCN=C(N)NCCc1ccc(S(N)(=O)=O)cc1.I. The minimum Gasteiger partial charge on any atom is -0.370 e. The molecule has 0 spiro atoms. The van der Waals surface area contributed by atoms with E-state index in [0.29, 0.717) is 12.5 Å². The predicted octanol–water partition coefficient (Wildman–Crippen LogP) is 2.76. The zero-order valence-electron chi connectivity index (χ0n) is 14.9. The number of guanidine groups is 1. The highest BCUT2D eigenvalue weighted by atomic mass is 127. The number of aliphatic imine (C=N–C) groups is 1. The standard InChI is InChI=1S/C17H30N4O2S.HI/c1-2-3-4-5-6-7-13-20-17(18)21-14-12-15-8-10-16(11-9-15)24(19,22)23;/h8-11H,2-7,12-14H2,1H3,(H3,18,20,21)(H2,19,22,23);1H. The van der Waals surface area contributed by atoms with Gasteiger partial charge in [0.15, 0.2) is 5.96 Å². The van der Waals surface area contributed by atoms with Gasteiger partial charge in [-0.15, -0.1) is 24.0 Å². The summed E-state index contributed by atoms with van der Waals surface area (Å²) in [7, 11) is -3.63. The van der Waals surface area contributed by atoms with Crippen molar-refractivity contribution in [2.75, 3.05) is 13.1 Å². The van der Waals surface area contributed by atoms with Crippen molar-refractivity contribution >= 4 is 40.0 Å². The van der Waals surface area contributed by atoms with E-state index in [4.69, 9.17) is 10.9 Å². The van der Waals surface area contributed by atoms with Gasteiger partial charge in [-0.1, -0.05) is 51.2 Å². The van der Waals surface area contributed by atoms with Crippen LogP contribution in [0.25, 0.3) is 0 Å². The van der Waals surface area contributed by atoms with Crippen LogP contribution in [0.4, 0.5) is 0 Å². The highest BCUT2D eigenvalue weighted by Crippen LogP contribution is 2.09. The molecule has 0 saturated heterocycles. The molecule has 1 aromatic rings. The minimum absolute atomic E-state index is 0. The van der Waals surface area contributed by atoms with E-state index in [1.54, 1.807) is 12.1 Å². The molecule has 0 aromatic heterocycles. The van der Waals surface area contributed by atoms with Gasteiger partial charge in [-0.25, -0.2) is 13.6 Å². The summed E-state index contributed by atoms with van der Waals surface area (Å²) in [5.41, 5.74) is 6.84. The lowest BCUT2D eigenvalue weighted by Crippen LogP contribution is -2.33. The van der Waals surface area contributed by atoms with Crippen LogP contribution in [0.15, 0.2) is 34.2 Å². The molecule has 144 valence electrons. The Bertz CT molecular complexity index is 604. The van der Waals surface area contributed by atoms with Gasteiger partial charge in [-0.3, -0.25) is 4.99 Å². The second-order valence-electron chi connectivity index (χ2n) is 5.90. The van der Waals surface area contributed by atoms with Crippen molar-refractivity contribution in [1.82, 2.24) is 5.32 Å². The molecule has 0 fully saturated rings. The second kappa shape index (κ2) is 13.3. The van der Waals surface area contributed by atoms with E-state index < -0.39 is 10.0 Å². The molecular formula is C17H31IN4O2S. The minimum atomic E-state index is -3.63. The average Bonchev–Trinajstić information content (AvgIpc) is 2.54. The Labute approximate surface area is 168 Å². The van der Waals surface area contributed by atoms with E-state index in [0.717, 1.165) is 24.9 Å². The summed E-state index contributed by atoms with van der Waals surface area (Å²) in [5, 5.41) is 8.14. The maximum absolute atomic E-state index is 11.2. The number of nitrogens with zero attached hydrogens (tertiary/aromatic N) is 1. The van der Waals surface area contributed by atoms with E-state index in [1.807, 2.05) is 0 Å². The van der Waals surface area contributed by atoms with Gasteiger partial charge in [0.2, 0.25) is 10.0 Å². The van der Waals surface area contributed by atoms with Crippen molar-refractivity contribution in [3.63, 3.8) is 0 Å². The maximum Gasteiger partial charge on any atom is 0.238 e. The molecule has 0 radical (unpaired) electrons. The fourth-order valence-corrected chi connectivity index (χ4v) is 2.84. The summed E-state index contributed by atoms with van der Waals surface area (Å²) in [6.07, 6.45) is 8.15. The van der Waals surface area contributed by atoms with Crippen molar-refractivity contribution in [2.45, 2.75) is 56.8 Å². The third-order valence-electron chi connectivity index (χ3n) is 3.77. The van der Waals surface area contributed by atoms with E-state index in [2.05, 4.69) is 17.2 Å². The van der Waals surface area contributed by atoms with Crippen molar-refractivity contribution < 1.29 is 8.42 Å². The van der Waals surface area contributed by atoms with E-state index in [1.165, 1.54) is 44.2 Å². The Balaban J connectivity index is 0.00000576. The number of rotatable bonds is 11. The lowest BCUT2D eigenvalue weighted by Gasteiger charge is -2.06. The zero-order valence-corrected chi connectivity index (χ0v) is 18.1. The summed E-state index contributed by atoms with van der Waals surface area (Å²) >= 11 is 0. The highest BCUT2D eigenvalue weighted by molar-refractivity contribution is 14.0. The summed E-state index contributed by atoms with van der Waals surface area (Å²) in [6, 6.07) is 6.54. The number of primary sulfonamides is 1. The Morgan fingerprint density at radius 1 is 1.08 bits per heavy atom. The fraction of sp³-hybridized carbons (Fsp3) is 0.588. The van der Waals surface area contributed by atoms with Gasteiger partial charge in [0.05, 0.1) is 4.90 Å². The Hall–Kier alpha value is -0.870. The fourth-order valence-electron chi connectivity index (χ4n) is 2.33. The Morgan fingerprint density at radius 3 is 2.28 bits per heavy atom. The third-order valence-corrected chi connectivity index (χ3v) is 4.69. The number of nitrogens with two attached hydrogens (primary N) is 2. The molecule has 0 unspecified atom stereocenters. The first-order valence-electron chi connectivity index (χ1n) is 8.59. The first-order chi connectivity index (χ1) is 11.4. The van der Waals surface area contributed by atoms with Crippen LogP contribution in [0.5, 0.6) is 0 Å². The van der Waals surface area contributed by atoms with Gasteiger partial charge >= 0.3 is 0 Å². The molecule has 0 atom stereocenters. The molecular weight excluding hydrogens is 451 g/mol. The lowest BCUT2D eigenvalue weighted by atomic mass is 10.1. The summed E-state index contributed by atoms with van der Waals surface area (Å²) < 4.78 is 22.4. The molecule has 0 aliphatic carbocycles. The van der Waals surface area contributed by atoms with Gasteiger partial charge in [0.25, 0.3) is 0 Å². The number of nitrogens with one attached hydrogen (secondary N) is 1. The summed E-state index contributed by atoms with van der Waals surface area (Å²) in [4.78, 5) is 4.43.